The Hall–Kier alpha value is -2.64. The minimum absolute atomic E-state index is 0.168. The minimum Gasteiger partial charge on any atom is -0.322 e. The molecule has 2 heterocycles. The van der Waals surface area contributed by atoms with Gasteiger partial charge in [0.2, 0.25) is 0 Å². The molecule has 0 atom stereocenters. The van der Waals surface area contributed by atoms with Gasteiger partial charge in [-0.15, -0.1) is 11.3 Å². The van der Waals surface area contributed by atoms with Gasteiger partial charge in [0.1, 0.15) is 0 Å². The number of anilines is 1. The second-order valence-corrected chi connectivity index (χ2v) is 7.80. The van der Waals surface area contributed by atoms with Crippen LogP contribution in [0.15, 0.2) is 59.1 Å². The van der Waals surface area contributed by atoms with Crippen LogP contribution in [0.2, 0.25) is 0 Å². The van der Waals surface area contributed by atoms with Crippen LogP contribution in [0.4, 0.5) is 5.69 Å². The predicted octanol–water partition coefficient (Wildman–Crippen LogP) is 4.76. The number of carbonyl (C=O) groups excluding carboxylic acids is 1. The van der Waals surface area contributed by atoms with Gasteiger partial charge in [-0.25, -0.2) is 9.67 Å². The highest BCUT2D eigenvalue weighted by molar-refractivity contribution is 8.00. The van der Waals surface area contributed by atoms with Crippen LogP contribution in [-0.2, 0) is 0 Å². The SMILES string of the molecule is CSc1nc2ccc(NC(=O)c3cnn(-c4ccccc4)c3C)cc2s1. The van der Waals surface area contributed by atoms with Gasteiger partial charge in [0.05, 0.1) is 33.4 Å². The second kappa shape index (κ2) is 6.93. The number of aromatic nitrogens is 3. The van der Waals surface area contributed by atoms with Crippen LogP contribution >= 0.6 is 23.1 Å². The third-order valence-corrected chi connectivity index (χ3v) is 6.06. The number of carbonyl (C=O) groups is 1. The van der Waals surface area contributed by atoms with E-state index in [4.69, 9.17) is 0 Å². The Kier molecular flexibility index (Phi) is 4.48. The number of hydrogen-bond donors (Lipinski definition) is 1. The van der Waals surface area contributed by atoms with Crippen molar-refractivity contribution >= 4 is 44.9 Å². The zero-order valence-electron chi connectivity index (χ0n) is 14.3. The fourth-order valence-corrected chi connectivity index (χ4v) is 4.26. The molecule has 0 unspecified atom stereocenters. The van der Waals surface area contributed by atoms with E-state index >= 15 is 0 Å². The van der Waals surface area contributed by atoms with E-state index in [-0.39, 0.29) is 5.91 Å². The van der Waals surface area contributed by atoms with Crippen LogP contribution in [0.3, 0.4) is 0 Å². The van der Waals surface area contributed by atoms with E-state index < -0.39 is 0 Å². The molecule has 0 saturated carbocycles. The molecule has 4 rings (SSSR count). The zero-order valence-corrected chi connectivity index (χ0v) is 15.9. The lowest BCUT2D eigenvalue weighted by Gasteiger charge is -2.06. The third kappa shape index (κ3) is 3.11. The van der Waals surface area contributed by atoms with Crippen LogP contribution in [0.25, 0.3) is 15.9 Å². The van der Waals surface area contributed by atoms with Gasteiger partial charge < -0.3 is 5.32 Å². The largest absolute Gasteiger partial charge is 0.322 e. The predicted molar refractivity (Wildman–Crippen MR) is 108 cm³/mol. The number of thioether (sulfide) groups is 1. The first-order valence-electron chi connectivity index (χ1n) is 8.01. The molecule has 0 aliphatic heterocycles. The van der Waals surface area contributed by atoms with Gasteiger partial charge in [-0.3, -0.25) is 4.79 Å². The molecule has 26 heavy (non-hydrogen) atoms. The van der Waals surface area contributed by atoms with Crippen molar-refractivity contribution in [2.24, 2.45) is 0 Å². The maximum atomic E-state index is 12.7. The van der Waals surface area contributed by atoms with Crippen molar-refractivity contribution in [2.45, 2.75) is 11.3 Å². The Morgan fingerprint density at radius 3 is 2.77 bits per heavy atom. The van der Waals surface area contributed by atoms with Crippen LogP contribution in [0, 0.1) is 6.92 Å². The van der Waals surface area contributed by atoms with E-state index in [0.717, 1.165) is 31.6 Å². The average Bonchev–Trinajstić information content (AvgIpc) is 3.25. The number of nitrogens with one attached hydrogen (secondary N) is 1. The van der Waals surface area contributed by atoms with Gasteiger partial charge in [0.25, 0.3) is 5.91 Å². The van der Waals surface area contributed by atoms with Crippen LogP contribution < -0.4 is 5.32 Å². The van der Waals surface area contributed by atoms with Crippen molar-refractivity contribution in [3.05, 3.63) is 66.0 Å². The zero-order chi connectivity index (χ0) is 18.1. The van der Waals surface area contributed by atoms with Crippen LogP contribution in [0.1, 0.15) is 16.1 Å². The van der Waals surface area contributed by atoms with Crippen LogP contribution in [-0.4, -0.2) is 26.9 Å². The lowest BCUT2D eigenvalue weighted by molar-refractivity contribution is 0.102. The smallest absolute Gasteiger partial charge is 0.259 e. The number of rotatable bonds is 4. The number of amides is 1. The lowest BCUT2D eigenvalue weighted by Crippen LogP contribution is -2.13. The molecule has 4 aromatic rings. The van der Waals surface area contributed by atoms with E-state index in [0.29, 0.717) is 5.56 Å². The Bertz CT molecular complexity index is 1090. The number of thiazole rings is 1. The first kappa shape index (κ1) is 16.8. The topological polar surface area (TPSA) is 59.8 Å². The molecule has 0 saturated heterocycles. The summed E-state index contributed by atoms with van der Waals surface area (Å²) in [6.07, 6.45) is 3.61. The van der Waals surface area contributed by atoms with E-state index in [1.807, 2.05) is 61.7 Å². The summed E-state index contributed by atoms with van der Waals surface area (Å²) in [5.74, 6) is -0.168. The van der Waals surface area contributed by atoms with Gasteiger partial charge in [-0.1, -0.05) is 30.0 Å². The third-order valence-electron chi connectivity index (χ3n) is 4.06. The Morgan fingerprint density at radius 2 is 2.00 bits per heavy atom. The van der Waals surface area contributed by atoms with Gasteiger partial charge in [0.15, 0.2) is 4.34 Å². The highest BCUT2D eigenvalue weighted by atomic mass is 32.2. The molecule has 0 spiro atoms. The number of para-hydroxylation sites is 1. The summed E-state index contributed by atoms with van der Waals surface area (Å²) in [5.41, 5.74) is 4.00. The summed E-state index contributed by atoms with van der Waals surface area (Å²) in [7, 11) is 0. The van der Waals surface area contributed by atoms with E-state index in [2.05, 4.69) is 15.4 Å². The molecular formula is C19H16N4OS2. The standard InChI is InChI=1S/C19H16N4OS2/c1-12-15(11-20-23(12)14-6-4-3-5-7-14)18(24)21-13-8-9-16-17(10-13)26-19(22-16)25-2/h3-11H,1-2H3,(H,21,24). The molecule has 1 amide bonds. The fourth-order valence-electron chi connectivity index (χ4n) is 2.73. The number of benzene rings is 2. The van der Waals surface area contributed by atoms with E-state index in [9.17, 15) is 4.79 Å². The quantitative estimate of drug-likeness (QED) is 0.518. The Morgan fingerprint density at radius 1 is 1.19 bits per heavy atom. The normalized spacial score (nSPS) is 11.0. The molecule has 130 valence electrons. The van der Waals surface area contributed by atoms with Crippen molar-refractivity contribution in [1.82, 2.24) is 14.8 Å². The molecule has 0 bridgehead atoms. The molecule has 0 aliphatic rings. The molecular weight excluding hydrogens is 364 g/mol. The molecule has 5 nitrogen and oxygen atoms in total. The van der Waals surface area contributed by atoms with Gasteiger partial charge in [-0.05, 0) is 43.5 Å². The maximum Gasteiger partial charge on any atom is 0.259 e. The summed E-state index contributed by atoms with van der Waals surface area (Å²) in [6, 6.07) is 15.5. The van der Waals surface area contributed by atoms with Gasteiger partial charge in [0, 0.05) is 5.69 Å². The summed E-state index contributed by atoms with van der Waals surface area (Å²) in [4.78, 5) is 17.2. The molecule has 1 N–H and O–H groups in total. The van der Waals surface area contributed by atoms with E-state index in [1.54, 1.807) is 34.0 Å². The summed E-state index contributed by atoms with van der Waals surface area (Å²) < 4.78 is 3.85. The van der Waals surface area contributed by atoms with Crippen molar-refractivity contribution in [3.8, 4) is 5.69 Å². The maximum absolute atomic E-state index is 12.7. The monoisotopic (exact) mass is 380 g/mol. The Labute approximate surface area is 159 Å². The first-order valence-corrected chi connectivity index (χ1v) is 10.1. The van der Waals surface area contributed by atoms with Crippen LogP contribution in [0.5, 0.6) is 0 Å². The molecule has 7 heteroatoms. The Balaban J connectivity index is 1.60. The van der Waals surface area contributed by atoms with E-state index in [1.165, 1.54) is 0 Å². The van der Waals surface area contributed by atoms with Crippen molar-refractivity contribution < 1.29 is 4.79 Å². The second-order valence-electron chi connectivity index (χ2n) is 5.71. The molecule has 2 aromatic heterocycles. The average molecular weight is 380 g/mol. The number of hydrogen-bond acceptors (Lipinski definition) is 5. The first-order chi connectivity index (χ1) is 12.7. The molecule has 0 aliphatic carbocycles. The number of nitrogens with zero attached hydrogens (tertiary/aromatic N) is 3. The highest BCUT2D eigenvalue weighted by Gasteiger charge is 2.15. The van der Waals surface area contributed by atoms with Gasteiger partial charge >= 0.3 is 0 Å². The summed E-state index contributed by atoms with van der Waals surface area (Å²) >= 11 is 3.25. The van der Waals surface area contributed by atoms with Crippen molar-refractivity contribution in [2.75, 3.05) is 11.6 Å². The highest BCUT2D eigenvalue weighted by Crippen LogP contribution is 2.30. The van der Waals surface area contributed by atoms with Gasteiger partial charge in [-0.2, -0.15) is 5.10 Å². The summed E-state index contributed by atoms with van der Waals surface area (Å²) in [5, 5.41) is 7.32. The molecule has 0 radical (unpaired) electrons. The fraction of sp³-hybridized carbons (Fsp3) is 0.105. The lowest BCUT2D eigenvalue weighted by atomic mass is 10.2. The molecule has 0 fully saturated rings. The summed E-state index contributed by atoms with van der Waals surface area (Å²) in [6.45, 7) is 1.89. The molecule has 2 aromatic carbocycles. The minimum atomic E-state index is -0.168. The number of fused-ring (bicyclic) bond motifs is 1. The van der Waals surface area contributed by atoms with Crippen molar-refractivity contribution in [1.29, 1.82) is 0 Å². The van der Waals surface area contributed by atoms with Crippen molar-refractivity contribution in [3.63, 3.8) is 0 Å².